The van der Waals surface area contributed by atoms with Crippen molar-refractivity contribution >= 4 is 17.6 Å². The highest BCUT2D eigenvalue weighted by atomic mass is 16.5. The Bertz CT molecular complexity index is 847. The topological polar surface area (TPSA) is 103 Å². The van der Waals surface area contributed by atoms with Crippen LogP contribution in [-0.4, -0.2) is 91.5 Å². The lowest BCUT2D eigenvalue weighted by Gasteiger charge is -2.35. The van der Waals surface area contributed by atoms with Crippen molar-refractivity contribution in [2.75, 3.05) is 45.7 Å². The molecule has 204 valence electrons. The molecule has 3 amide bonds. The number of urea groups is 1. The number of ether oxygens (including phenoxy) is 2. The number of benzene rings is 1. The van der Waals surface area contributed by atoms with Gasteiger partial charge in [-0.2, -0.15) is 0 Å². The molecule has 1 aliphatic rings. The molecule has 3 N–H and O–H groups in total. The fourth-order valence-electron chi connectivity index (χ4n) is 4.25. The lowest BCUT2D eigenvalue weighted by molar-refractivity contribution is -0.0137. The highest BCUT2D eigenvalue weighted by molar-refractivity contribution is 5.99. The molecule has 1 heterocycles. The van der Waals surface area contributed by atoms with Crippen molar-refractivity contribution in [2.24, 2.45) is 5.92 Å². The normalized spacial score (nSPS) is 23.0. The zero-order valence-electron chi connectivity index (χ0n) is 23.0. The van der Waals surface area contributed by atoms with Crippen LogP contribution in [0.1, 0.15) is 64.2 Å². The van der Waals surface area contributed by atoms with Crippen molar-refractivity contribution in [2.45, 2.75) is 78.2 Å². The molecule has 1 aromatic rings. The van der Waals surface area contributed by atoms with Crippen molar-refractivity contribution in [3.8, 4) is 5.75 Å². The number of aliphatic hydroxyl groups excluding tert-OH is 1. The molecule has 0 aliphatic carbocycles. The Balaban J connectivity index is 2.46. The molecule has 0 bridgehead atoms. The van der Waals surface area contributed by atoms with E-state index in [1.165, 1.54) is 0 Å². The molecule has 0 saturated carbocycles. The number of hydrogen-bond donors (Lipinski definition) is 3. The summed E-state index contributed by atoms with van der Waals surface area (Å²) in [5, 5.41) is 15.6. The molecule has 0 radical (unpaired) electrons. The summed E-state index contributed by atoms with van der Waals surface area (Å²) < 4.78 is 12.5. The molecule has 0 saturated heterocycles. The van der Waals surface area contributed by atoms with Gasteiger partial charge in [0, 0.05) is 37.3 Å². The number of rotatable bonds is 6. The van der Waals surface area contributed by atoms with E-state index in [4.69, 9.17) is 9.47 Å². The van der Waals surface area contributed by atoms with E-state index >= 15 is 0 Å². The Morgan fingerprint density at radius 3 is 2.58 bits per heavy atom. The zero-order valence-corrected chi connectivity index (χ0v) is 23.0. The molecule has 0 aromatic heterocycles. The van der Waals surface area contributed by atoms with E-state index in [1.54, 1.807) is 23.1 Å². The second kappa shape index (κ2) is 14.4. The van der Waals surface area contributed by atoms with E-state index in [0.29, 0.717) is 30.2 Å². The van der Waals surface area contributed by atoms with Gasteiger partial charge in [-0.15, -0.1) is 0 Å². The number of anilines is 1. The summed E-state index contributed by atoms with van der Waals surface area (Å²) in [6.45, 7) is 11.3. The van der Waals surface area contributed by atoms with Crippen LogP contribution >= 0.6 is 0 Å². The van der Waals surface area contributed by atoms with Gasteiger partial charge >= 0.3 is 6.03 Å². The molecule has 0 fully saturated rings. The number of nitrogens with one attached hydrogen (secondary N) is 2. The maximum Gasteiger partial charge on any atom is 0.319 e. The van der Waals surface area contributed by atoms with E-state index in [9.17, 15) is 14.7 Å². The van der Waals surface area contributed by atoms with Crippen LogP contribution in [0, 0.1) is 5.92 Å². The number of aliphatic hydroxyl groups is 1. The van der Waals surface area contributed by atoms with Crippen molar-refractivity contribution in [1.29, 1.82) is 0 Å². The fraction of sp³-hybridized carbons (Fsp3) is 0.704. The highest BCUT2D eigenvalue weighted by Crippen LogP contribution is 2.28. The zero-order chi connectivity index (χ0) is 26.8. The van der Waals surface area contributed by atoms with Crippen molar-refractivity contribution in [1.82, 2.24) is 15.1 Å². The molecule has 36 heavy (non-hydrogen) atoms. The average molecular weight is 507 g/mol. The van der Waals surface area contributed by atoms with E-state index < -0.39 is 6.04 Å². The minimum Gasteiger partial charge on any atom is -0.490 e. The van der Waals surface area contributed by atoms with Gasteiger partial charge in [0.2, 0.25) is 0 Å². The molecule has 1 aromatic carbocycles. The first-order valence-corrected chi connectivity index (χ1v) is 13.1. The second-order valence-electron chi connectivity index (χ2n) is 10.5. The van der Waals surface area contributed by atoms with Crippen molar-refractivity contribution in [3.05, 3.63) is 23.8 Å². The van der Waals surface area contributed by atoms with Gasteiger partial charge < -0.3 is 35.0 Å². The van der Waals surface area contributed by atoms with E-state index in [2.05, 4.69) is 22.5 Å². The lowest BCUT2D eigenvalue weighted by Crippen LogP contribution is -2.47. The van der Waals surface area contributed by atoms with Crippen LogP contribution in [0.25, 0.3) is 0 Å². The second-order valence-corrected chi connectivity index (χ2v) is 10.5. The van der Waals surface area contributed by atoms with Gasteiger partial charge in [-0.05, 0) is 79.3 Å². The Kier molecular flexibility index (Phi) is 11.9. The quantitative estimate of drug-likeness (QED) is 0.545. The lowest BCUT2D eigenvalue weighted by atomic mass is 10.0. The van der Waals surface area contributed by atoms with E-state index in [-0.39, 0.29) is 42.7 Å². The standard InChI is InChI=1S/C27H46N4O5/c1-18(2)28-27(34)29-22-11-12-24-23(14-22)26(33)31(20(4)17-32)15-19(3)25(16-30(6)7)35-13-9-8-10-21(5)36-24/h11-12,14,18-21,25,32H,8-10,13,15-17H2,1-7H3,(H2,28,29,34)/t19-,20+,21-,25+/m1/s1. The van der Waals surface area contributed by atoms with Gasteiger partial charge in [0.1, 0.15) is 5.75 Å². The summed E-state index contributed by atoms with van der Waals surface area (Å²) in [6, 6.07) is 4.37. The summed E-state index contributed by atoms with van der Waals surface area (Å²) in [5.74, 6) is 0.261. The number of nitrogens with zero attached hydrogens (tertiary/aromatic N) is 2. The number of fused-ring (bicyclic) bond motifs is 1. The summed E-state index contributed by atoms with van der Waals surface area (Å²) in [7, 11) is 4.03. The maximum atomic E-state index is 14.0. The Morgan fingerprint density at radius 2 is 1.94 bits per heavy atom. The number of likely N-dealkylation sites (N-methyl/N-ethyl adjacent to an activating group) is 1. The van der Waals surface area contributed by atoms with Gasteiger partial charge in [-0.3, -0.25) is 4.79 Å². The largest absolute Gasteiger partial charge is 0.490 e. The molecule has 0 unspecified atom stereocenters. The van der Waals surface area contributed by atoms with Gasteiger partial charge in [0.15, 0.2) is 0 Å². The monoisotopic (exact) mass is 506 g/mol. The maximum absolute atomic E-state index is 14.0. The fourth-order valence-corrected chi connectivity index (χ4v) is 4.25. The predicted molar refractivity (Wildman–Crippen MR) is 143 cm³/mol. The minimum atomic E-state index is -0.404. The summed E-state index contributed by atoms with van der Waals surface area (Å²) in [4.78, 5) is 30.0. The third-order valence-corrected chi connectivity index (χ3v) is 6.27. The van der Waals surface area contributed by atoms with Crippen LogP contribution in [0.3, 0.4) is 0 Å². The minimum absolute atomic E-state index is 0.0205. The Hall–Kier alpha value is -2.36. The van der Waals surface area contributed by atoms with Crippen LogP contribution in [0.2, 0.25) is 0 Å². The smallest absolute Gasteiger partial charge is 0.319 e. The van der Waals surface area contributed by atoms with Crippen LogP contribution < -0.4 is 15.4 Å². The number of hydrogen-bond acceptors (Lipinski definition) is 6. The van der Waals surface area contributed by atoms with Gasteiger partial charge in [-0.25, -0.2) is 4.79 Å². The molecular formula is C27H46N4O5. The third kappa shape index (κ3) is 9.26. The third-order valence-electron chi connectivity index (χ3n) is 6.27. The molecule has 9 nitrogen and oxygen atoms in total. The molecule has 0 spiro atoms. The van der Waals surface area contributed by atoms with Crippen molar-refractivity contribution < 1.29 is 24.2 Å². The number of amides is 3. The summed E-state index contributed by atoms with van der Waals surface area (Å²) >= 11 is 0. The molecule has 4 atom stereocenters. The van der Waals surface area contributed by atoms with Crippen LogP contribution in [0.15, 0.2) is 18.2 Å². The first kappa shape index (κ1) is 29.9. The van der Waals surface area contributed by atoms with Gasteiger partial charge in [-0.1, -0.05) is 6.92 Å². The number of carbonyl (C=O) groups is 2. The van der Waals surface area contributed by atoms with Gasteiger partial charge in [0.05, 0.1) is 30.4 Å². The first-order chi connectivity index (χ1) is 17.0. The summed E-state index contributed by atoms with van der Waals surface area (Å²) in [6.07, 6.45) is 2.57. The van der Waals surface area contributed by atoms with E-state index in [0.717, 1.165) is 25.8 Å². The van der Waals surface area contributed by atoms with Crippen LogP contribution in [0.4, 0.5) is 10.5 Å². The van der Waals surface area contributed by atoms with Crippen molar-refractivity contribution in [3.63, 3.8) is 0 Å². The average Bonchev–Trinajstić information content (AvgIpc) is 2.80. The van der Waals surface area contributed by atoms with Crippen LogP contribution in [-0.2, 0) is 4.74 Å². The number of carbonyl (C=O) groups excluding carboxylic acids is 2. The Morgan fingerprint density at radius 1 is 1.22 bits per heavy atom. The molecule has 1 aliphatic heterocycles. The highest BCUT2D eigenvalue weighted by Gasteiger charge is 2.30. The van der Waals surface area contributed by atoms with Gasteiger partial charge in [0.25, 0.3) is 5.91 Å². The predicted octanol–water partition coefficient (Wildman–Crippen LogP) is 3.57. The molecular weight excluding hydrogens is 460 g/mol. The molecule has 9 heteroatoms. The summed E-state index contributed by atoms with van der Waals surface area (Å²) in [5.41, 5.74) is 0.856. The Labute approximate surface area is 216 Å². The first-order valence-electron chi connectivity index (χ1n) is 13.1. The van der Waals surface area contributed by atoms with E-state index in [1.807, 2.05) is 41.8 Å². The molecule has 2 rings (SSSR count). The van der Waals surface area contributed by atoms with Crippen LogP contribution in [0.5, 0.6) is 5.75 Å². The SMILES string of the molecule is CC(C)NC(=O)Nc1ccc2c(c1)C(=O)N([C@@H](C)CO)C[C@@H](C)[C@H](CN(C)C)OCCCC[C@@H](C)O2.